The van der Waals surface area contributed by atoms with Gasteiger partial charge >= 0.3 is 0 Å². The molecule has 0 heterocycles. The number of phosphoric acid groups is 1. The molecule has 0 radical (unpaired) electrons. The minimum Gasteiger partial charge on any atom is -0.756 e. The molecule has 0 amide bonds. The van der Waals surface area contributed by atoms with Crippen LogP contribution < -0.4 is 9.63 Å². The summed E-state index contributed by atoms with van der Waals surface area (Å²) in [5.41, 5.74) is 4.61. The maximum atomic E-state index is 11.3. The summed E-state index contributed by atoms with van der Waals surface area (Å²) in [7, 11) is -5.04. The zero-order valence-corrected chi connectivity index (χ0v) is 19.8. The highest BCUT2D eigenvalue weighted by molar-refractivity contribution is 7.44. The van der Waals surface area contributed by atoms with Crippen molar-refractivity contribution in [3.63, 3.8) is 0 Å². The molecule has 2 aromatic rings. The molecule has 0 fully saturated rings. The molecule has 0 aromatic heterocycles. The Morgan fingerprint density at radius 2 is 1.90 bits per heavy atom. The summed E-state index contributed by atoms with van der Waals surface area (Å²) in [6.45, 7) is 12.7. The summed E-state index contributed by atoms with van der Waals surface area (Å²) in [5.74, 6) is -1.41. The van der Waals surface area contributed by atoms with Gasteiger partial charge in [-0.1, -0.05) is 55.7 Å². The van der Waals surface area contributed by atoms with Gasteiger partial charge in [-0.25, -0.2) is 0 Å². The van der Waals surface area contributed by atoms with E-state index in [0.29, 0.717) is 11.1 Å². The monoisotopic (exact) mass is 447 g/mol. The molecule has 0 saturated heterocycles. The van der Waals surface area contributed by atoms with Crippen LogP contribution in [0.25, 0.3) is 16.7 Å². The van der Waals surface area contributed by atoms with E-state index >= 15 is 0 Å². The Morgan fingerprint density at radius 3 is 2.48 bits per heavy atom. The first-order chi connectivity index (χ1) is 14.3. The van der Waals surface area contributed by atoms with Crippen molar-refractivity contribution in [1.29, 1.82) is 0 Å². The van der Waals surface area contributed by atoms with E-state index in [0.717, 1.165) is 47.9 Å². The minimum atomic E-state index is -5.04. The molecule has 1 atom stereocenters. The first-order valence-electron chi connectivity index (χ1n) is 10.4. The number of benzene rings is 2. The Labute approximate surface area is 184 Å². The van der Waals surface area contributed by atoms with Crippen molar-refractivity contribution in [3.05, 3.63) is 53.6 Å². The number of unbranched alkanes of at least 4 members (excludes halogenated alkanes) is 2. The van der Waals surface area contributed by atoms with Crippen molar-refractivity contribution < 1.29 is 28.7 Å². The van der Waals surface area contributed by atoms with Crippen molar-refractivity contribution in [2.75, 3.05) is 0 Å². The number of phenols is 1. The number of hydrogen-bond acceptors (Lipinski definition) is 5. The molecule has 2 aromatic carbocycles. The maximum absolute atomic E-state index is 11.3. The van der Waals surface area contributed by atoms with E-state index in [4.69, 9.17) is 14.2 Å². The minimum absolute atomic E-state index is 0.0159. The van der Waals surface area contributed by atoms with Gasteiger partial charge < -0.3 is 19.6 Å². The maximum Gasteiger partial charge on any atom is 0.268 e. The highest BCUT2D eigenvalue weighted by Crippen LogP contribution is 2.45. The predicted octanol–water partition coefficient (Wildman–Crippen LogP) is 5.73. The molecule has 1 unspecified atom stereocenters. The Morgan fingerprint density at radius 1 is 1.23 bits per heavy atom. The number of phosphoric ester groups is 1. The van der Waals surface area contributed by atoms with Crippen LogP contribution in [0, 0.1) is 6.92 Å². The van der Waals surface area contributed by atoms with Crippen LogP contribution in [0.3, 0.4) is 0 Å². The summed E-state index contributed by atoms with van der Waals surface area (Å²) in [5, 5.41) is 11.0. The molecule has 0 aliphatic rings. The number of ether oxygens (including phenoxy) is 1. The van der Waals surface area contributed by atoms with E-state index in [2.05, 4.69) is 13.5 Å². The van der Waals surface area contributed by atoms with Crippen LogP contribution in [0.5, 0.6) is 11.5 Å². The lowest BCUT2D eigenvalue weighted by Crippen LogP contribution is -2.32. The van der Waals surface area contributed by atoms with E-state index in [1.54, 1.807) is 12.1 Å². The molecular weight excluding hydrogens is 415 g/mol. The quantitative estimate of drug-likeness (QED) is 0.274. The van der Waals surface area contributed by atoms with Crippen LogP contribution in [0.4, 0.5) is 0 Å². The molecule has 2 rings (SSSR count). The molecule has 7 heteroatoms. The van der Waals surface area contributed by atoms with Crippen LogP contribution in [0.2, 0.25) is 0 Å². The van der Waals surface area contributed by atoms with Gasteiger partial charge in [0.2, 0.25) is 5.79 Å². The molecule has 170 valence electrons. The van der Waals surface area contributed by atoms with Gasteiger partial charge in [-0.05, 0) is 55.5 Å². The van der Waals surface area contributed by atoms with Gasteiger partial charge in [0, 0.05) is 13.8 Å². The van der Waals surface area contributed by atoms with E-state index in [-0.39, 0.29) is 11.5 Å². The smallest absolute Gasteiger partial charge is 0.268 e. The van der Waals surface area contributed by atoms with Gasteiger partial charge in [-0.3, -0.25) is 9.09 Å². The Bertz CT molecular complexity index is 990. The van der Waals surface area contributed by atoms with Gasteiger partial charge in [0.15, 0.2) is 0 Å². The third-order valence-electron chi connectivity index (χ3n) is 4.81. The molecule has 0 spiro atoms. The summed E-state index contributed by atoms with van der Waals surface area (Å²) >= 11 is 0. The van der Waals surface area contributed by atoms with Crippen LogP contribution >= 0.6 is 7.82 Å². The molecular formula is C24H32O6P-. The second-order valence-corrected chi connectivity index (χ2v) is 9.46. The number of phenolic OH excluding ortho intramolecular Hbond substituents is 1. The Balaban J connectivity index is 2.66. The number of aryl methyl sites for hydroxylation is 2. The fourth-order valence-corrected chi connectivity index (χ4v) is 4.12. The van der Waals surface area contributed by atoms with Crippen LogP contribution in [-0.4, -0.2) is 15.8 Å². The van der Waals surface area contributed by atoms with Crippen LogP contribution in [0.15, 0.2) is 36.9 Å². The highest BCUT2D eigenvalue weighted by Gasteiger charge is 2.28. The van der Waals surface area contributed by atoms with Crippen LogP contribution in [-0.2, 0) is 15.5 Å². The summed E-state index contributed by atoms with van der Waals surface area (Å²) < 4.78 is 22.0. The van der Waals surface area contributed by atoms with Gasteiger partial charge in [-0.15, -0.1) is 0 Å². The summed E-state index contributed by atoms with van der Waals surface area (Å²) in [4.78, 5) is 20.5. The number of allylic oxidation sites excluding steroid dienone is 1. The average Bonchev–Trinajstić information content (AvgIpc) is 2.58. The number of rotatable bonds is 10. The van der Waals surface area contributed by atoms with Crippen molar-refractivity contribution in [2.45, 2.75) is 66.1 Å². The fraction of sp³-hybridized carbons (Fsp3) is 0.417. The third-order valence-corrected chi connectivity index (χ3v) is 5.48. The largest absolute Gasteiger partial charge is 0.756 e. The standard InChI is InChI=1S/C24H33O6P/c1-7-8-9-10-18-14-21(25)23(20-13-17(4)11-12-19(20)16(2)3)22(15-18)29-24(5,6)30-31(26,27)28/h11-15,25H,2,7-10H2,1,3-6H3,(H2,26,27,28)/p-1. The van der Waals surface area contributed by atoms with Crippen molar-refractivity contribution in [3.8, 4) is 22.6 Å². The number of hydrogen-bond donors (Lipinski definition) is 2. The molecule has 0 aliphatic heterocycles. The second-order valence-electron chi connectivity index (χ2n) is 8.34. The van der Waals surface area contributed by atoms with Crippen molar-refractivity contribution >= 4 is 13.4 Å². The first kappa shape index (κ1) is 25.2. The molecule has 2 N–H and O–H groups in total. The van der Waals surface area contributed by atoms with Gasteiger partial charge in [0.1, 0.15) is 11.5 Å². The lowest BCUT2D eigenvalue weighted by Gasteiger charge is -2.32. The SMILES string of the molecule is C=C(C)c1ccc(C)cc1-c1c(O)cc(CCCCC)cc1OC(C)(C)OP(=O)([O-])O. The van der Waals surface area contributed by atoms with Crippen LogP contribution in [0.1, 0.15) is 63.6 Å². The second kappa shape index (κ2) is 10.0. The third kappa shape index (κ3) is 7.22. The molecule has 6 nitrogen and oxygen atoms in total. The average molecular weight is 447 g/mol. The first-order valence-corrected chi connectivity index (χ1v) is 11.9. The van der Waals surface area contributed by atoms with E-state index in [9.17, 15) is 14.6 Å². The van der Waals surface area contributed by atoms with E-state index < -0.39 is 13.6 Å². The van der Waals surface area contributed by atoms with Gasteiger partial charge in [0.25, 0.3) is 7.82 Å². The van der Waals surface area contributed by atoms with Crippen molar-refractivity contribution in [2.24, 2.45) is 0 Å². The lowest BCUT2D eigenvalue weighted by molar-refractivity contribution is -0.244. The Kier molecular flexibility index (Phi) is 8.12. The molecule has 0 saturated carbocycles. The van der Waals surface area contributed by atoms with E-state index in [1.807, 2.05) is 32.0 Å². The zero-order chi connectivity index (χ0) is 23.4. The molecule has 0 bridgehead atoms. The fourth-order valence-electron chi connectivity index (χ4n) is 3.53. The van der Waals surface area contributed by atoms with Gasteiger partial charge in [0.05, 0.1) is 5.56 Å². The van der Waals surface area contributed by atoms with Crippen molar-refractivity contribution in [1.82, 2.24) is 0 Å². The normalized spacial score (nSPS) is 13.6. The predicted molar refractivity (Wildman–Crippen MR) is 122 cm³/mol. The lowest BCUT2D eigenvalue weighted by atomic mass is 9.91. The summed E-state index contributed by atoms with van der Waals surface area (Å²) in [6, 6.07) is 9.29. The Hall–Kier alpha value is -2.11. The zero-order valence-electron chi connectivity index (χ0n) is 18.9. The van der Waals surface area contributed by atoms with Gasteiger partial charge in [-0.2, -0.15) is 0 Å². The molecule has 31 heavy (non-hydrogen) atoms. The number of aromatic hydroxyl groups is 1. The van der Waals surface area contributed by atoms with E-state index in [1.165, 1.54) is 13.8 Å². The summed E-state index contributed by atoms with van der Waals surface area (Å²) in [6.07, 6.45) is 3.80. The highest BCUT2D eigenvalue weighted by atomic mass is 31.2. The topological polar surface area (TPSA) is 99.0 Å². The molecule has 0 aliphatic carbocycles.